The minimum atomic E-state index is -0.541. The Kier molecular flexibility index (Phi) is 3.73. The van der Waals surface area contributed by atoms with Crippen LogP contribution in [0, 0.1) is 5.41 Å². The molecule has 2 aliphatic carbocycles. The lowest BCUT2D eigenvalue weighted by Crippen LogP contribution is -2.46. The van der Waals surface area contributed by atoms with Crippen molar-refractivity contribution in [2.24, 2.45) is 11.1 Å². The molecular formula is C13H24N2O2. The van der Waals surface area contributed by atoms with Gasteiger partial charge in [-0.25, -0.2) is 0 Å². The molecule has 0 aromatic heterocycles. The molecule has 0 unspecified atom stereocenters. The van der Waals surface area contributed by atoms with Crippen LogP contribution >= 0.6 is 0 Å². The molecule has 3 N–H and O–H groups in total. The first kappa shape index (κ1) is 12.8. The van der Waals surface area contributed by atoms with E-state index in [1.54, 1.807) is 7.11 Å². The first-order chi connectivity index (χ1) is 8.10. The van der Waals surface area contributed by atoms with Gasteiger partial charge in [-0.05, 0) is 37.5 Å². The Bertz CT molecular complexity index is 281. The highest BCUT2D eigenvalue weighted by Crippen LogP contribution is 2.41. The van der Waals surface area contributed by atoms with Gasteiger partial charge in [-0.2, -0.15) is 0 Å². The average molecular weight is 240 g/mol. The fourth-order valence-corrected chi connectivity index (χ4v) is 2.76. The van der Waals surface area contributed by atoms with Crippen molar-refractivity contribution in [2.75, 3.05) is 20.3 Å². The summed E-state index contributed by atoms with van der Waals surface area (Å²) in [6, 6.07) is 0. The molecule has 2 rings (SSSR count). The molecule has 0 bridgehead atoms. The van der Waals surface area contributed by atoms with Crippen LogP contribution in [0.5, 0.6) is 0 Å². The fourth-order valence-electron chi connectivity index (χ4n) is 2.76. The van der Waals surface area contributed by atoms with E-state index >= 15 is 0 Å². The van der Waals surface area contributed by atoms with Crippen LogP contribution in [0.2, 0.25) is 0 Å². The number of hydrogen-bond acceptors (Lipinski definition) is 3. The van der Waals surface area contributed by atoms with Gasteiger partial charge < -0.3 is 15.8 Å². The molecule has 1 amide bonds. The summed E-state index contributed by atoms with van der Waals surface area (Å²) in [6.07, 6.45) is 7.66. The van der Waals surface area contributed by atoms with E-state index in [9.17, 15) is 4.79 Å². The van der Waals surface area contributed by atoms with Crippen LogP contribution in [-0.2, 0) is 9.53 Å². The summed E-state index contributed by atoms with van der Waals surface area (Å²) in [5, 5.41) is 3.06. The second kappa shape index (κ2) is 4.94. The molecule has 17 heavy (non-hydrogen) atoms. The van der Waals surface area contributed by atoms with Gasteiger partial charge in [0.05, 0.1) is 5.54 Å². The number of nitrogens with two attached hydrogens (primary N) is 1. The van der Waals surface area contributed by atoms with Crippen LogP contribution < -0.4 is 11.1 Å². The Morgan fingerprint density at radius 2 is 1.94 bits per heavy atom. The molecule has 4 heteroatoms. The summed E-state index contributed by atoms with van der Waals surface area (Å²) in [5.74, 6) is 0.0428. The lowest BCUT2D eigenvalue weighted by Gasteiger charge is -2.29. The molecule has 0 heterocycles. The minimum absolute atomic E-state index is 0.0428. The molecule has 0 spiro atoms. The van der Waals surface area contributed by atoms with Crippen molar-refractivity contribution in [1.82, 2.24) is 5.32 Å². The number of rotatable bonds is 6. The van der Waals surface area contributed by atoms with E-state index in [0.29, 0.717) is 0 Å². The number of methoxy groups -OCH3 is 1. The number of hydrogen-bond donors (Lipinski definition) is 2. The first-order valence-corrected chi connectivity index (χ1v) is 6.66. The zero-order valence-corrected chi connectivity index (χ0v) is 10.8. The van der Waals surface area contributed by atoms with Crippen molar-refractivity contribution >= 4 is 5.91 Å². The molecule has 0 saturated heterocycles. The van der Waals surface area contributed by atoms with Crippen molar-refractivity contribution in [3.05, 3.63) is 0 Å². The SMILES string of the molecule is COCCC1(CNC(=O)C2(N)CC2)CCCC1. The maximum Gasteiger partial charge on any atom is 0.240 e. The smallest absolute Gasteiger partial charge is 0.240 e. The van der Waals surface area contributed by atoms with Crippen molar-refractivity contribution in [2.45, 2.75) is 50.5 Å². The van der Waals surface area contributed by atoms with E-state index in [1.165, 1.54) is 25.7 Å². The third-order valence-electron chi connectivity index (χ3n) is 4.37. The van der Waals surface area contributed by atoms with Crippen LogP contribution in [0.3, 0.4) is 0 Å². The molecule has 0 radical (unpaired) electrons. The summed E-state index contributed by atoms with van der Waals surface area (Å²) >= 11 is 0. The Balaban J connectivity index is 1.83. The van der Waals surface area contributed by atoms with E-state index in [-0.39, 0.29) is 11.3 Å². The van der Waals surface area contributed by atoms with Gasteiger partial charge in [0, 0.05) is 20.3 Å². The molecule has 0 atom stereocenters. The standard InChI is InChI=1S/C13H24N2O2/c1-17-9-8-12(4-2-3-5-12)10-15-11(16)13(14)6-7-13/h2-10,14H2,1H3,(H,15,16). The van der Waals surface area contributed by atoms with Crippen LogP contribution in [0.4, 0.5) is 0 Å². The lowest BCUT2D eigenvalue weighted by atomic mass is 9.83. The van der Waals surface area contributed by atoms with E-state index < -0.39 is 5.54 Å². The van der Waals surface area contributed by atoms with Crippen LogP contribution in [0.15, 0.2) is 0 Å². The van der Waals surface area contributed by atoms with Gasteiger partial charge in [0.15, 0.2) is 0 Å². The van der Waals surface area contributed by atoms with E-state index in [2.05, 4.69) is 5.32 Å². The number of ether oxygens (including phenoxy) is 1. The molecule has 2 saturated carbocycles. The number of carbonyl (C=O) groups is 1. The molecule has 0 aromatic carbocycles. The zero-order chi connectivity index (χ0) is 12.4. The summed E-state index contributed by atoms with van der Waals surface area (Å²) in [5.41, 5.74) is 5.60. The van der Waals surface area contributed by atoms with Crippen molar-refractivity contribution in [1.29, 1.82) is 0 Å². The largest absolute Gasteiger partial charge is 0.385 e. The second-order valence-electron chi connectivity index (χ2n) is 5.79. The highest BCUT2D eigenvalue weighted by molar-refractivity contribution is 5.88. The lowest BCUT2D eigenvalue weighted by molar-refractivity contribution is -0.123. The number of amides is 1. The summed E-state index contributed by atoms with van der Waals surface area (Å²) in [6.45, 7) is 1.55. The molecule has 2 aliphatic rings. The highest BCUT2D eigenvalue weighted by atomic mass is 16.5. The van der Waals surface area contributed by atoms with E-state index in [0.717, 1.165) is 32.4 Å². The van der Waals surface area contributed by atoms with E-state index in [4.69, 9.17) is 10.5 Å². The maximum absolute atomic E-state index is 11.8. The predicted octanol–water partition coefficient (Wildman–Crippen LogP) is 1.19. The molecule has 2 fully saturated rings. The van der Waals surface area contributed by atoms with Crippen molar-refractivity contribution in [3.8, 4) is 0 Å². The van der Waals surface area contributed by atoms with Crippen LogP contribution in [0.25, 0.3) is 0 Å². The number of carbonyl (C=O) groups excluding carboxylic acids is 1. The second-order valence-corrected chi connectivity index (χ2v) is 5.79. The van der Waals surface area contributed by atoms with Gasteiger partial charge in [0.25, 0.3) is 0 Å². The predicted molar refractivity (Wildman–Crippen MR) is 66.6 cm³/mol. The fraction of sp³-hybridized carbons (Fsp3) is 0.923. The van der Waals surface area contributed by atoms with Crippen LogP contribution in [-0.4, -0.2) is 31.7 Å². The minimum Gasteiger partial charge on any atom is -0.385 e. The normalized spacial score (nSPS) is 24.6. The molecule has 4 nitrogen and oxygen atoms in total. The third kappa shape index (κ3) is 2.99. The van der Waals surface area contributed by atoms with Crippen molar-refractivity contribution < 1.29 is 9.53 Å². The summed E-state index contributed by atoms with van der Waals surface area (Å²) < 4.78 is 5.18. The third-order valence-corrected chi connectivity index (χ3v) is 4.37. The molecule has 0 aliphatic heterocycles. The Labute approximate surface area is 103 Å². The molecule has 0 aromatic rings. The maximum atomic E-state index is 11.8. The topological polar surface area (TPSA) is 64.3 Å². The highest BCUT2D eigenvalue weighted by Gasteiger charge is 2.46. The zero-order valence-electron chi connectivity index (χ0n) is 10.8. The monoisotopic (exact) mass is 240 g/mol. The summed E-state index contributed by atoms with van der Waals surface area (Å²) in [4.78, 5) is 11.8. The van der Waals surface area contributed by atoms with E-state index in [1.807, 2.05) is 0 Å². The van der Waals surface area contributed by atoms with Gasteiger partial charge in [-0.3, -0.25) is 4.79 Å². The summed E-state index contributed by atoms with van der Waals surface area (Å²) in [7, 11) is 1.74. The van der Waals surface area contributed by atoms with Gasteiger partial charge in [-0.15, -0.1) is 0 Å². The van der Waals surface area contributed by atoms with Crippen molar-refractivity contribution in [3.63, 3.8) is 0 Å². The Morgan fingerprint density at radius 3 is 2.47 bits per heavy atom. The number of nitrogens with one attached hydrogen (secondary N) is 1. The molecular weight excluding hydrogens is 216 g/mol. The Hall–Kier alpha value is -0.610. The van der Waals surface area contributed by atoms with Gasteiger partial charge in [-0.1, -0.05) is 12.8 Å². The van der Waals surface area contributed by atoms with Gasteiger partial charge >= 0.3 is 0 Å². The quantitative estimate of drug-likeness (QED) is 0.733. The first-order valence-electron chi connectivity index (χ1n) is 6.66. The van der Waals surface area contributed by atoms with Crippen LogP contribution in [0.1, 0.15) is 44.9 Å². The van der Waals surface area contributed by atoms with Gasteiger partial charge in [0.2, 0.25) is 5.91 Å². The van der Waals surface area contributed by atoms with Gasteiger partial charge in [0.1, 0.15) is 0 Å². The Morgan fingerprint density at radius 1 is 1.29 bits per heavy atom. The average Bonchev–Trinajstić information content (AvgIpc) is 2.92. The molecule has 98 valence electrons.